The molecule has 0 saturated heterocycles. The van der Waals surface area contributed by atoms with Gasteiger partial charge in [0.25, 0.3) is 5.69 Å². The lowest BCUT2D eigenvalue weighted by atomic mass is 10.1. The van der Waals surface area contributed by atoms with Gasteiger partial charge in [0.05, 0.1) is 11.0 Å². The molecule has 0 radical (unpaired) electrons. The monoisotopic (exact) mass is 224 g/mol. The maximum atomic E-state index is 10.6. The number of nitrogens with one attached hydrogen (secondary N) is 1. The highest BCUT2D eigenvalue weighted by Gasteiger charge is 2.13. The minimum absolute atomic E-state index is 0.0250. The Morgan fingerprint density at radius 2 is 2.31 bits per heavy atom. The zero-order chi connectivity index (χ0) is 12.1. The maximum absolute atomic E-state index is 10.6. The summed E-state index contributed by atoms with van der Waals surface area (Å²) in [5.74, 6) is 0.824. The Balaban J connectivity index is 2.80. The Kier molecular flexibility index (Phi) is 4.19. The number of aromatic nitrogens is 1. The molecule has 0 aromatic carbocycles. The van der Waals surface area contributed by atoms with Crippen molar-refractivity contribution in [2.75, 3.05) is 11.9 Å². The molecule has 1 unspecified atom stereocenters. The van der Waals surface area contributed by atoms with E-state index in [0.29, 0.717) is 18.3 Å². The summed E-state index contributed by atoms with van der Waals surface area (Å²) in [5, 5.41) is 13.7. The van der Waals surface area contributed by atoms with Crippen LogP contribution in [0.4, 0.5) is 11.5 Å². The predicted molar refractivity (Wildman–Crippen MR) is 62.2 cm³/mol. The van der Waals surface area contributed by atoms with Crippen molar-refractivity contribution >= 4 is 11.5 Å². The zero-order valence-corrected chi connectivity index (χ0v) is 9.38. The van der Waals surface area contributed by atoms with Crippen molar-refractivity contribution in [1.29, 1.82) is 0 Å². The first kappa shape index (κ1) is 12.4. The molecule has 16 heavy (non-hydrogen) atoms. The largest absolute Gasteiger partial charge is 0.366 e. The fraction of sp³-hybridized carbons (Fsp3) is 0.500. The van der Waals surface area contributed by atoms with E-state index in [0.717, 1.165) is 0 Å². The van der Waals surface area contributed by atoms with Crippen LogP contribution < -0.4 is 11.1 Å². The molecule has 0 bridgehead atoms. The van der Waals surface area contributed by atoms with Crippen LogP contribution in [-0.2, 0) is 0 Å². The van der Waals surface area contributed by atoms with Gasteiger partial charge in [0, 0.05) is 24.8 Å². The summed E-state index contributed by atoms with van der Waals surface area (Å²) in [7, 11) is 0. The summed E-state index contributed by atoms with van der Waals surface area (Å²) in [6.45, 7) is 4.52. The molecule has 0 fully saturated rings. The van der Waals surface area contributed by atoms with E-state index in [4.69, 9.17) is 5.73 Å². The lowest BCUT2D eigenvalue weighted by Crippen LogP contribution is -2.33. The van der Waals surface area contributed by atoms with Gasteiger partial charge in [0.15, 0.2) is 0 Å². The molecule has 0 saturated carbocycles. The van der Waals surface area contributed by atoms with Gasteiger partial charge in [-0.1, -0.05) is 13.8 Å². The van der Waals surface area contributed by atoms with Crippen LogP contribution in [0, 0.1) is 16.0 Å². The molecule has 88 valence electrons. The van der Waals surface area contributed by atoms with Gasteiger partial charge in [0.1, 0.15) is 5.82 Å². The molecule has 0 aliphatic heterocycles. The zero-order valence-electron chi connectivity index (χ0n) is 9.38. The van der Waals surface area contributed by atoms with Gasteiger partial charge in [-0.2, -0.15) is 0 Å². The first-order valence-corrected chi connectivity index (χ1v) is 5.11. The first-order valence-electron chi connectivity index (χ1n) is 5.11. The lowest BCUT2D eigenvalue weighted by molar-refractivity contribution is -0.384. The number of rotatable bonds is 5. The third-order valence-corrected chi connectivity index (χ3v) is 2.35. The molecule has 3 N–H and O–H groups in total. The maximum Gasteiger partial charge on any atom is 0.274 e. The summed E-state index contributed by atoms with van der Waals surface area (Å²) in [4.78, 5) is 14.1. The third kappa shape index (κ3) is 3.16. The quantitative estimate of drug-likeness (QED) is 0.582. The fourth-order valence-corrected chi connectivity index (χ4v) is 1.30. The van der Waals surface area contributed by atoms with Crippen molar-refractivity contribution < 1.29 is 4.92 Å². The van der Waals surface area contributed by atoms with E-state index in [1.807, 2.05) is 13.8 Å². The Labute approximate surface area is 94.0 Å². The molecular weight excluding hydrogens is 208 g/mol. The Morgan fingerprint density at radius 3 is 2.81 bits per heavy atom. The molecule has 0 aliphatic rings. The van der Waals surface area contributed by atoms with Crippen LogP contribution in [0.3, 0.4) is 0 Å². The van der Waals surface area contributed by atoms with Gasteiger partial charge in [-0.05, 0) is 5.92 Å². The van der Waals surface area contributed by atoms with Crippen LogP contribution in [0.5, 0.6) is 0 Å². The van der Waals surface area contributed by atoms with Crippen LogP contribution in [0.2, 0.25) is 0 Å². The third-order valence-electron chi connectivity index (χ3n) is 2.35. The van der Waals surface area contributed by atoms with Gasteiger partial charge in [-0.3, -0.25) is 10.1 Å². The summed E-state index contributed by atoms with van der Waals surface area (Å²) in [5.41, 5.74) is 5.62. The Morgan fingerprint density at radius 1 is 1.62 bits per heavy atom. The normalized spacial score (nSPS) is 12.5. The minimum atomic E-state index is -0.445. The second kappa shape index (κ2) is 5.41. The van der Waals surface area contributed by atoms with Gasteiger partial charge >= 0.3 is 0 Å². The summed E-state index contributed by atoms with van der Waals surface area (Å²) >= 11 is 0. The average Bonchev–Trinajstić information content (AvgIpc) is 2.25. The molecule has 1 aromatic rings. The van der Waals surface area contributed by atoms with E-state index < -0.39 is 4.92 Å². The molecular formula is C10H16N4O2. The highest BCUT2D eigenvalue weighted by atomic mass is 16.6. The van der Waals surface area contributed by atoms with Crippen LogP contribution in [0.1, 0.15) is 13.8 Å². The number of nitro groups is 1. The second-order valence-electron chi connectivity index (χ2n) is 3.89. The van der Waals surface area contributed by atoms with Crippen molar-refractivity contribution in [3.8, 4) is 0 Å². The van der Waals surface area contributed by atoms with E-state index in [1.54, 1.807) is 0 Å². The van der Waals surface area contributed by atoms with Gasteiger partial charge in [0.2, 0.25) is 0 Å². The first-order chi connectivity index (χ1) is 7.54. The van der Waals surface area contributed by atoms with Crippen molar-refractivity contribution in [2.24, 2.45) is 11.7 Å². The topological polar surface area (TPSA) is 94.1 Å². The number of hydrogen-bond acceptors (Lipinski definition) is 5. The van der Waals surface area contributed by atoms with Crippen LogP contribution in [0.15, 0.2) is 18.3 Å². The molecule has 1 rings (SSSR count). The minimum Gasteiger partial charge on any atom is -0.366 e. The second-order valence-corrected chi connectivity index (χ2v) is 3.89. The van der Waals surface area contributed by atoms with Crippen LogP contribution in [-0.4, -0.2) is 22.5 Å². The molecule has 0 aliphatic carbocycles. The van der Waals surface area contributed by atoms with Crippen LogP contribution >= 0.6 is 0 Å². The predicted octanol–water partition coefficient (Wildman–Crippen LogP) is 1.38. The molecule has 6 nitrogen and oxygen atoms in total. The Hall–Kier alpha value is -1.69. The van der Waals surface area contributed by atoms with Crippen LogP contribution in [0.25, 0.3) is 0 Å². The van der Waals surface area contributed by atoms with Gasteiger partial charge in [-0.15, -0.1) is 0 Å². The number of hydrogen-bond donors (Lipinski definition) is 2. The SMILES string of the molecule is CC(C)C(CN)Nc1cc([N+](=O)[O-])ccn1. The fourth-order valence-electron chi connectivity index (χ4n) is 1.30. The van der Waals surface area contributed by atoms with Gasteiger partial charge < -0.3 is 11.1 Å². The summed E-state index contributed by atoms with van der Waals surface area (Å²) in [6.07, 6.45) is 1.41. The standard InChI is InChI=1S/C10H16N4O2/c1-7(2)9(6-11)13-10-5-8(14(15)16)3-4-12-10/h3-5,7,9H,6,11H2,1-2H3,(H,12,13). The number of anilines is 1. The molecule has 6 heteroatoms. The van der Waals surface area contributed by atoms with Crippen molar-refractivity contribution in [3.05, 3.63) is 28.4 Å². The Bertz CT molecular complexity index is 368. The molecule has 0 spiro atoms. The molecule has 1 aromatic heterocycles. The van der Waals surface area contributed by atoms with E-state index >= 15 is 0 Å². The molecule has 1 heterocycles. The van der Waals surface area contributed by atoms with Crippen molar-refractivity contribution in [1.82, 2.24) is 4.98 Å². The highest BCUT2D eigenvalue weighted by Crippen LogP contribution is 2.16. The van der Waals surface area contributed by atoms with E-state index in [1.165, 1.54) is 18.3 Å². The highest BCUT2D eigenvalue weighted by molar-refractivity contribution is 5.44. The van der Waals surface area contributed by atoms with Crippen molar-refractivity contribution in [3.63, 3.8) is 0 Å². The summed E-state index contributed by atoms with van der Waals surface area (Å²) < 4.78 is 0. The smallest absolute Gasteiger partial charge is 0.274 e. The van der Waals surface area contributed by atoms with E-state index in [9.17, 15) is 10.1 Å². The van der Waals surface area contributed by atoms with Crippen molar-refractivity contribution in [2.45, 2.75) is 19.9 Å². The molecule has 1 atom stereocenters. The summed E-state index contributed by atoms with van der Waals surface area (Å²) in [6, 6.07) is 2.83. The number of nitrogens with two attached hydrogens (primary N) is 1. The van der Waals surface area contributed by atoms with Gasteiger partial charge in [-0.25, -0.2) is 4.98 Å². The molecule has 0 amide bonds. The number of nitrogens with zero attached hydrogens (tertiary/aromatic N) is 2. The van der Waals surface area contributed by atoms with E-state index in [2.05, 4.69) is 10.3 Å². The lowest BCUT2D eigenvalue weighted by Gasteiger charge is -2.20. The number of pyridine rings is 1. The van der Waals surface area contributed by atoms with E-state index in [-0.39, 0.29) is 11.7 Å². The average molecular weight is 224 g/mol.